The van der Waals surface area contributed by atoms with Crippen LogP contribution in [0.1, 0.15) is 17.1 Å². The van der Waals surface area contributed by atoms with E-state index in [4.69, 9.17) is 15.0 Å². The lowest BCUT2D eigenvalue weighted by Crippen LogP contribution is -2.10. The molecular weight excluding hydrogens is 339 g/mol. The van der Waals surface area contributed by atoms with Crippen molar-refractivity contribution in [2.45, 2.75) is 19.3 Å². The van der Waals surface area contributed by atoms with Gasteiger partial charge >= 0.3 is 6.18 Å². The maximum Gasteiger partial charge on any atom is 0.437 e. The van der Waals surface area contributed by atoms with Gasteiger partial charge in [-0.3, -0.25) is 4.68 Å². The molecule has 0 bridgehead atoms. The monoisotopic (exact) mass is 353 g/mol. The minimum atomic E-state index is -4.57. The maximum absolute atomic E-state index is 12.7. The average Bonchev–Trinajstić information content (AvgIpc) is 3.15. The van der Waals surface area contributed by atoms with Crippen LogP contribution in [0.4, 0.5) is 18.9 Å². The van der Waals surface area contributed by atoms with Crippen LogP contribution in [0.25, 0.3) is 11.5 Å². The van der Waals surface area contributed by atoms with E-state index in [1.165, 1.54) is 7.11 Å². The van der Waals surface area contributed by atoms with Gasteiger partial charge in [-0.2, -0.15) is 23.3 Å². The van der Waals surface area contributed by atoms with Crippen LogP contribution in [0.2, 0.25) is 0 Å². The van der Waals surface area contributed by atoms with Gasteiger partial charge in [0.25, 0.3) is 5.89 Å². The fraction of sp³-hybridized carbons (Fsp3) is 0.267. The van der Waals surface area contributed by atoms with E-state index in [0.717, 1.165) is 16.4 Å². The Balaban J connectivity index is 1.74. The fourth-order valence-electron chi connectivity index (χ4n) is 2.24. The summed E-state index contributed by atoms with van der Waals surface area (Å²) in [7, 11) is 1.52. The Kier molecular flexibility index (Phi) is 4.45. The highest BCUT2D eigenvalue weighted by molar-refractivity contribution is 5.53. The quantitative estimate of drug-likeness (QED) is 0.758. The Morgan fingerprint density at radius 1 is 1.24 bits per heavy atom. The molecule has 3 rings (SSSR count). The number of ether oxygens (including phenoxy) is 1. The van der Waals surface area contributed by atoms with Crippen molar-refractivity contribution in [3.63, 3.8) is 0 Å². The first kappa shape index (κ1) is 17.0. The number of alkyl halides is 3. The Labute approximate surface area is 140 Å². The van der Waals surface area contributed by atoms with Gasteiger partial charge in [0.05, 0.1) is 12.2 Å². The number of hydrogen-bond acceptors (Lipinski definition) is 6. The molecule has 0 spiro atoms. The maximum atomic E-state index is 12.7. The van der Waals surface area contributed by atoms with Crippen LogP contribution in [0.5, 0.6) is 0 Å². The first-order chi connectivity index (χ1) is 11.9. The van der Waals surface area contributed by atoms with Crippen molar-refractivity contribution in [3.8, 4) is 11.5 Å². The van der Waals surface area contributed by atoms with Gasteiger partial charge in [0.15, 0.2) is 11.5 Å². The molecule has 132 valence electrons. The van der Waals surface area contributed by atoms with E-state index in [1.54, 1.807) is 24.3 Å². The van der Waals surface area contributed by atoms with Crippen LogP contribution in [-0.2, 0) is 24.1 Å². The topological polar surface area (TPSA) is 92.0 Å². The zero-order valence-corrected chi connectivity index (χ0v) is 13.1. The van der Waals surface area contributed by atoms with Crippen molar-refractivity contribution < 1.29 is 22.4 Å². The first-order valence-electron chi connectivity index (χ1n) is 7.18. The second-order valence-corrected chi connectivity index (χ2v) is 5.27. The van der Waals surface area contributed by atoms with E-state index in [9.17, 15) is 13.2 Å². The second-order valence-electron chi connectivity index (χ2n) is 5.27. The molecule has 10 heteroatoms. The summed E-state index contributed by atoms with van der Waals surface area (Å²) in [6.45, 7) is 0.392. The first-order valence-corrected chi connectivity index (χ1v) is 7.18. The summed E-state index contributed by atoms with van der Waals surface area (Å²) in [4.78, 5) is 4.16. The number of methoxy groups -OCH3 is 1. The third kappa shape index (κ3) is 3.79. The standard InChI is InChI=1S/C15H14F3N5O2/c1-24-8-12-20-14(25-22-12)10-4-2-9(3-5-10)6-23-7-11(19)13(21-23)15(16,17)18/h2-5,7H,6,8,19H2,1H3. The molecule has 0 fully saturated rings. The Bertz CT molecular complexity index is 855. The van der Waals surface area contributed by atoms with Crippen LogP contribution >= 0.6 is 0 Å². The van der Waals surface area contributed by atoms with Crippen LogP contribution in [0.15, 0.2) is 35.0 Å². The third-order valence-corrected chi connectivity index (χ3v) is 3.35. The molecule has 0 atom stereocenters. The molecule has 0 amide bonds. The molecule has 0 saturated heterocycles. The minimum Gasteiger partial charge on any atom is -0.396 e. The molecule has 7 nitrogen and oxygen atoms in total. The Hall–Kier alpha value is -2.88. The molecule has 0 saturated carbocycles. The van der Waals surface area contributed by atoms with Crippen molar-refractivity contribution in [1.82, 2.24) is 19.9 Å². The molecule has 25 heavy (non-hydrogen) atoms. The summed E-state index contributed by atoms with van der Waals surface area (Å²) < 4.78 is 49.3. The van der Waals surface area contributed by atoms with E-state index in [1.807, 2.05) is 0 Å². The molecule has 0 aliphatic heterocycles. The summed E-state index contributed by atoms with van der Waals surface area (Å²) >= 11 is 0. The summed E-state index contributed by atoms with van der Waals surface area (Å²) in [5.41, 5.74) is 5.32. The predicted molar refractivity (Wildman–Crippen MR) is 81.2 cm³/mol. The Morgan fingerprint density at radius 3 is 2.56 bits per heavy atom. The van der Waals surface area contributed by atoms with Gasteiger partial charge in [-0.25, -0.2) is 0 Å². The van der Waals surface area contributed by atoms with Gasteiger partial charge in [0.1, 0.15) is 6.61 Å². The highest BCUT2D eigenvalue weighted by atomic mass is 19.4. The third-order valence-electron chi connectivity index (χ3n) is 3.35. The lowest BCUT2D eigenvalue weighted by atomic mass is 10.1. The van der Waals surface area contributed by atoms with Crippen molar-refractivity contribution >= 4 is 5.69 Å². The van der Waals surface area contributed by atoms with Crippen molar-refractivity contribution in [3.05, 3.63) is 47.5 Å². The summed E-state index contributed by atoms with van der Waals surface area (Å²) in [5.74, 6) is 0.759. The SMILES string of the molecule is COCc1noc(-c2ccc(Cn3cc(N)c(C(F)(F)F)n3)cc2)n1. The number of rotatable bonds is 5. The molecule has 0 aliphatic rings. The van der Waals surface area contributed by atoms with Crippen molar-refractivity contribution in [2.24, 2.45) is 0 Å². The molecule has 1 aromatic carbocycles. The lowest BCUT2D eigenvalue weighted by molar-refractivity contribution is -0.140. The molecular formula is C15H14F3N5O2. The van der Waals surface area contributed by atoms with Gasteiger partial charge in [0, 0.05) is 18.9 Å². The van der Waals surface area contributed by atoms with E-state index >= 15 is 0 Å². The summed E-state index contributed by atoms with van der Waals surface area (Å²) in [5, 5.41) is 7.25. The van der Waals surface area contributed by atoms with Gasteiger partial charge in [0.2, 0.25) is 0 Å². The zero-order chi connectivity index (χ0) is 18.0. The fourth-order valence-corrected chi connectivity index (χ4v) is 2.24. The second kappa shape index (κ2) is 6.55. The summed E-state index contributed by atoms with van der Waals surface area (Å²) in [6, 6.07) is 6.94. The number of nitrogens with two attached hydrogens (primary N) is 1. The molecule has 2 N–H and O–H groups in total. The number of anilines is 1. The zero-order valence-electron chi connectivity index (χ0n) is 13.1. The predicted octanol–water partition coefficient (Wildman–Crippen LogP) is 2.73. The number of benzene rings is 1. The van der Waals surface area contributed by atoms with E-state index in [2.05, 4.69) is 15.2 Å². The summed E-state index contributed by atoms with van der Waals surface area (Å²) in [6.07, 6.45) is -3.41. The van der Waals surface area contributed by atoms with Crippen LogP contribution in [0.3, 0.4) is 0 Å². The number of nitrogens with zero attached hydrogens (tertiary/aromatic N) is 4. The normalized spacial score (nSPS) is 11.8. The minimum absolute atomic E-state index is 0.152. The van der Waals surface area contributed by atoms with Crippen LogP contribution in [0, 0.1) is 0 Å². The molecule has 0 radical (unpaired) electrons. The van der Waals surface area contributed by atoms with Crippen molar-refractivity contribution in [2.75, 3.05) is 12.8 Å². The molecule has 2 heterocycles. The molecule has 0 unspecified atom stereocenters. The molecule has 3 aromatic rings. The largest absolute Gasteiger partial charge is 0.437 e. The van der Waals surface area contributed by atoms with Crippen LogP contribution < -0.4 is 5.73 Å². The number of nitrogen functional groups attached to an aromatic ring is 1. The number of hydrogen-bond donors (Lipinski definition) is 1. The number of halogens is 3. The lowest BCUT2D eigenvalue weighted by Gasteiger charge is -2.04. The van der Waals surface area contributed by atoms with Gasteiger partial charge in [-0.05, 0) is 17.7 Å². The smallest absolute Gasteiger partial charge is 0.396 e. The highest BCUT2D eigenvalue weighted by Gasteiger charge is 2.36. The van der Waals surface area contributed by atoms with Crippen molar-refractivity contribution in [1.29, 1.82) is 0 Å². The highest BCUT2D eigenvalue weighted by Crippen LogP contribution is 2.32. The van der Waals surface area contributed by atoms with Gasteiger partial charge in [-0.15, -0.1) is 0 Å². The average molecular weight is 353 g/mol. The van der Waals surface area contributed by atoms with Gasteiger partial charge in [-0.1, -0.05) is 17.3 Å². The molecule has 0 aliphatic carbocycles. The van der Waals surface area contributed by atoms with Crippen LogP contribution in [-0.4, -0.2) is 27.0 Å². The van der Waals surface area contributed by atoms with E-state index in [-0.39, 0.29) is 13.2 Å². The van der Waals surface area contributed by atoms with E-state index < -0.39 is 17.6 Å². The molecule has 2 aromatic heterocycles. The number of aromatic nitrogens is 4. The van der Waals surface area contributed by atoms with Gasteiger partial charge < -0.3 is 15.0 Å². The Morgan fingerprint density at radius 2 is 1.96 bits per heavy atom. The van der Waals surface area contributed by atoms with E-state index in [0.29, 0.717) is 17.3 Å².